The Morgan fingerprint density at radius 1 is 1.17 bits per heavy atom. The van der Waals surface area contributed by atoms with E-state index in [1.165, 1.54) is 30.0 Å². The van der Waals surface area contributed by atoms with Gasteiger partial charge in [0.15, 0.2) is 0 Å². The van der Waals surface area contributed by atoms with Crippen LogP contribution in [-0.2, 0) is 14.4 Å². The van der Waals surface area contributed by atoms with Crippen LogP contribution in [-0.4, -0.2) is 41.8 Å². The van der Waals surface area contributed by atoms with Crippen molar-refractivity contribution in [3.63, 3.8) is 0 Å². The molecule has 0 aromatic heterocycles. The maximum Gasteiger partial charge on any atom is 0.243 e. The lowest BCUT2D eigenvalue weighted by atomic mass is 9.46. The second kappa shape index (κ2) is 7.11. The van der Waals surface area contributed by atoms with Crippen LogP contribution in [0.2, 0.25) is 0 Å². The third kappa shape index (κ3) is 3.87. The molecular weight excluding hydrogens is 373 g/mol. The van der Waals surface area contributed by atoms with Crippen molar-refractivity contribution < 1.29 is 18.8 Å². The van der Waals surface area contributed by atoms with Gasteiger partial charge in [0.25, 0.3) is 0 Å². The number of amides is 3. The first-order valence-electron chi connectivity index (χ1n) is 10.3. The topological polar surface area (TPSA) is 78.5 Å². The minimum absolute atomic E-state index is 0.0179. The minimum atomic E-state index is -0.500. The fourth-order valence-electron chi connectivity index (χ4n) is 6.49. The van der Waals surface area contributed by atoms with E-state index >= 15 is 0 Å². The summed E-state index contributed by atoms with van der Waals surface area (Å²) in [6.07, 6.45) is 5.34. The van der Waals surface area contributed by atoms with Crippen LogP contribution in [0, 0.1) is 23.1 Å². The van der Waals surface area contributed by atoms with Gasteiger partial charge in [0.2, 0.25) is 17.7 Å². The summed E-state index contributed by atoms with van der Waals surface area (Å²) in [6.45, 7) is 1.45. The first-order chi connectivity index (χ1) is 13.7. The van der Waals surface area contributed by atoms with Crippen molar-refractivity contribution >= 4 is 23.4 Å². The summed E-state index contributed by atoms with van der Waals surface area (Å²) in [5.74, 6) is 0.0491. The van der Waals surface area contributed by atoms with Gasteiger partial charge in [-0.05, 0) is 68.6 Å². The highest BCUT2D eigenvalue weighted by Gasteiger charge is 2.61. The predicted octanol–water partition coefficient (Wildman–Crippen LogP) is 2.70. The van der Waals surface area contributed by atoms with Gasteiger partial charge in [0.05, 0.1) is 12.0 Å². The summed E-state index contributed by atoms with van der Waals surface area (Å²) in [7, 11) is 1.65. The number of hydrogen-bond acceptors (Lipinski definition) is 3. The first kappa shape index (κ1) is 19.9. The van der Waals surface area contributed by atoms with Gasteiger partial charge in [-0.2, -0.15) is 0 Å². The molecule has 4 fully saturated rings. The normalized spacial score (nSPS) is 32.0. The Bertz CT molecular complexity index is 841. The maximum atomic E-state index is 13.4. The quantitative estimate of drug-likeness (QED) is 0.796. The van der Waals surface area contributed by atoms with Crippen molar-refractivity contribution in [2.45, 2.75) is 51.0 Å². The van der Waals surface area contributed by atoms with Crippen LogP contribution in [0.1, 0.15) is 45.4 Å². The molecule has 2 N–H and O–H groups in total. The lowest BCUT2D eigenvalue weighted by Gasteiger charge is -2.61. The van der Waals surface area contributed by atoms with Crippen LogP contribution in [0.5, 0.6) is 0 Å². The summed E-state index contributed by atoms with van der Waals surface area (Å²) in [5.41, 5.74) is -0.410. The van der Waals surface area contributed by atoms with Gasteiger partial charge >= 0.3 is 0 Å². The Morgan fingerprint density at radius 2 is 1.86 bits per heavy atom. The Morgan fingerprint density at radius 3 is 2.48 bits per heavy atom. The molecule has 0 saturated heterocycles. The Kier molecular flexibility index (Phi) is 4.87. The summed E-state index contributed by atoms with van der Waals surface area (Å²) in [6, 6.07) is 5.69. The third-order valence-electron chi connectivity index (χ3n) is 6.79. The van der Waals surface area contributed by atoms with Gasteiger partial charge in [-0.25, -0.2) is 4.39 Å². The summed E-state index contributed by atoms with van der Waals surface area (Å²) < 4.78 is 13.3. The molecule has 0 unspecified atom stereocenters. The molecule has 7 heteroatoms. The van der Waals surface area contributed by atoms with Crippen LogP contribution in [0.4, 0.5) is 10.1 Å². The standard InChI is InChI=1S/C22H28FN3O3/c1-14(27)25-22-10-15-6-16(11-22)9-21(8-15,13-22)20(29)26(2)12-19(28)24-18-5-3-4-17(23)7-18/h3-5,7,15-16H,6,8-13H2,1-2H3,(H,24,28)(H,25,27)/t15-,16-,21?,22?/m0/s1. The molecular formula is C22H28FN3O3. The van der Waals surface area contributed by atoms with Crippen molar-refractivity contribution in [2.24, 2.45) is 17.3 Å². The molecule has 2 atom stereocenters. The van der Waals surface area contributed by atoms with Crippen molar-refractivity contribution in [1.29, 1.82) is 0 Å². The van der Waals surface area contributed by atoms with Crippen LogP contribution in [0.25, 0.3) is 0 Å². The van der Waals surface area contributed by atoms with Gasteiger partial charge in [0.1, 0.15) is 5.82 Å². The lowest BCUT2D eigenvalue weighted by Crippen LogP contribution is -2.66. The molecule has 29 heavy (non-hydrogen) atoms. The number of carbonyl (C=O) groups excluding carboxylic acids is 3. The summed E-state index contributed by atoms with van der Waals surface area (Å²) >= 11 is 0. The fraction of sp³-hybridized carbons (Fsp3) is 0.591. The van der Waals surface area contributed by atoms with Gasteiger partial charge in [-0.15, -0.1) is 0 Å². The zero-order chi connectivity index (χ0) is 20.8. The van der Waals surface area contributed by atoms with Crippen molar-refractivity contribution in [3.05, 3.63) is 30.1 Å². The molecule has 0 radical (unpaired) electrons. The molecule has 0 heterocycles. The van der Waals surface area contributed by atoms with Crippen LogP contribution in [0.3, 0.4) is 0 Å². The van der Waals surface area contributed by atoms with Crippen molar-refractivity contribution in [1.82, 2.24) is 10.2 Å². The van der Waals surface area contributed by atoms with E-state index in [9.17, 15) is 18.8 Å². The number of nitrogens with one attached hydrogen (secondary N) is 2. The molecule has 156 valence electrons. The van der Waals surface area contributed by atoms with Gasteiger partial charge in [-0.3, -0.25) is 14.4 Å². The molecule has 4 aliphatic carbocycles. The average Bonchev–Trinajstić information content (AvgIpc) is 2.58. The number of rotatable bonds is 5. The molecule has 5 rings (SSSR count). The Labute approximate surface area is 170 Å². The van der Waals surface area contributed by atoms with Crippen molar-refractivity contribution in [3.8, 4) is 0 Å². The molecule has 6 nitrogen and oxygen atoms in total. The number of nitrogens with zero attached hydrogens (tertiary/aromatic N) is 1. The zero-order valence-electron chi connectivity index (χ0n) is 17.0. The first-order valence-corrected chi connectivity index (χ1v) is 10.3. The monoisotopic (exact) mass is 401 g/mol. The lowest BCUT2D eigenvalue weighted by molar-refractivity contribution is -0.162. The van der Waals surface area contributed by atoms with Gasteiger partial charge < -0.3 is 15.5 Å². The minimum Gasteiger partial charge on any atom is -0.351 e. The maximum absolute atomic E-state index is 13.4. The Balaban J connectivity index is 1.45. The Hall–Kier alpha value is -2.44. The second-order valence-electron chi connectivity index (χ2n) is 9.42. The molecule has 4 bridgehead atoms. The van der Waals surface area contributed by atoms with Crippen LogP contribution >= 0.6 is 0 Å². The van der Waals surface area contributed by atoms with E-state index in [4.69, 9.17) is 0 Å². The molecule has 4 aliphatic rings. The molecule has 0 spiro atoms. The fourth-order valence-corrected chi connectivity index (χ4v) is 6.49. The molecule has 4 saturated carbocycles. The van der Waals surface area contributed by atoms with E-state index in [-0.39, 0.29) is 29.8 Å². The largest absolute Gasteiger partial charge is 0.351 e. The number of likely N-dealkylation sites (N-methyl/N-ethyl adjacent to an activating group) is 1. The number of halogens is 1. The zero-order valence-corrected chi connectivity index (χ0v) is 17.0. The van der Waals surface area contributed by atoms with E-state index in [1.54, 1.807) is 13.1 Å². The second-order valence-corrected chi connectivity index (χ2v) is 9.42. The molecule has 1 aromatic rings. The third-order valence-corrected chi connectivity index (χ3v) is 6.79. The smallest absolute Gasteiger partial charge is 0.243 e. The van der Waals surface area contributed by atoms with Crippen LogP contribution < -0.4 is 10.6 Å². The average molecular weight is 401 g/mol. The highest BCUT2D eigenvalue weighted by molar-refractivity contribution is 5.95. The molecule has 0 aliphatic heterocycles. The number of benzene rings is 1. The van der Waals surface area contributed by atoms with E-state index in [0.29, 0.717) is 23.9 Å². The number of hydrogen-bond donors (Lipinski definition) is 2. The highest BCUT2D eigenvalue weighted by atomic mass is 19.1. The van der Waals surface area contributed by atoms with E-state index in [1.807, 2.05) is 0 Å². The number of anilines is 1. The van der Waals surface area contributed by atoms with E-state index in [0.717, 1.165) is 32.1 Å². The van der Waals surface area contributed by atoms with Crippen LogP contribution in [0.15, 0.2) is 24.3 Å². The SMILES string of the molecule is CC(=O)NC12C[C@H]3C[C@H](C1)CC(C(=O)N(C)CC(=O)Nc1cccc(F)c1)(C3)C2. The molecule has 3 amide bonds. The van der Waals surface area contributed by atoms with Crippen molar-refractivity contribution in [2.75, 3.05) is 18.9 Å². The van der Waals surface area contributed by atoms with E-state index < -0.39 is 11.2 Å². The summed E-state index contributed by atoms with van der Waals surface area (Å²) in [5, 5.41) is 5.81. The predicted molar refractivity (Wildman–Crippen MR) is 106 cm³/mol. The number of carbonyl (C=O) groups is 3. The van der Waals surface area contributed by atoms with Gasteiger partial charge in [-0.1, -0.05) is 6.07 Å². The molecule has 1 aromatic carbocycles. The van der Waals surface area contributed by atoms with E-state index in [2.05, 4.69) is 10.6 Å². The van der Waals surface area contributed by atoms with Gasteiger partial charge in [0, 0.05) is 25.2 Å². The summed E-state index contributed by atoms with van der Waals surface area (Å²) in [4.78, 5) is 39.1. The highest BCUT2D eigenvalue weighted by Crippen LogP contribution is 2.62.